The highest BCUT2D eigenvalue weighted by atomic mass is 15.2. The van der Waals surface area contributed by atoms with Gasteiger partial charge in [0.25, 0.3) is 0 Å². The van der Waals surface area contributed by atoms with Gasteiger partial charge < -0.3 is 15.2 Å². The molecule has 4 heteroatoms. The Morgan fingerprint density at radius 3 is 2.89 bits per heavy atom. The minimum absolute atomic E-state index is 0.416. The molecule has 0 aromatic carbocycles. The fourth-order valence-corrected chi connectivity index (χ4v) is 3.19. The maximum absolute atomic E-state index is 5.97. The van der Waals surface area contributed by atoms with Crippen molar-refractivity contribution < 1.29 is 0 Å². The zero-order valence-corrected chi connectivity index (χ0v) is 12.5. The number of hydrogen-bond acceptors (Lipinski definition) is 3. The zero-order chi connectivity index (χ0) is 13.8. The van der Waals surface area contributed by atoms with E-state index in [0.717, 1.165) is 13.1 Å². The van der Waals surface area contributed by atoms with E-state index in [1.165, 1.54) is 25.1 Å². The van der Waals surface area contributed by atoms with Gasteiger partial charge in [-0.3, -0.25) is 0 Å². The highest BCUT2D eigenvalue weighted by molar-refractivity contribution is 5.10. The van der Waals surface area contributed by atoms with Crippen LogP contribution in [0.5, 0.6) is 0 Å². The van der Waals surface area contributed by atoms with Crippen molar-refractivity contribution >= 4 is 0 Å². The molecule has 0 bridgehead atoms. The first kappa shape index (κ1) is 14.5. The summed E-state index contributed by atoms with van der Waals surface area (Å²) >= 11 is 0. The van der Waals surface area contributed by atoms with E-state index in [2.05, 4.69) is 35.2 Å². The topological polar surface area (TPSA) is 47.1 Å². The number of likely N-dealkylation sites (tertiary alicyclic amines) is 1. The van der Waals surface area contributed by atoms with Crippen LogP contribution < -0.4 is 5.73 Å². The normalized spacial score (nSPS) is 22.9. The average Bonchev–Trinajstić information content (AvgIpc) is 2.88. The van der Waals surface area contributed by atoms with Crippen LogP contribution in [0.3, 0.4) is 0 Å². The molecule has 1 aliphatic heterocycles. The van der Waals surface area contributed by atoms with Crippen LogP contribution in [0.1, 0.15) is 51.3 Å². The number of likely N-dealkylation sites (N-methyl/N-ethyl adjacent to an activating group) is 1. The summed E-state index contributed by atoms with van der Waals surface area (Å²) in [4.78, 5) is 6.92. The number of aromatic nitrogens is 2. The first-order valence-corrected chi connectivity index (χ1v) is 7.61. The average molecular weight is 264 g/mol. The van der Waals surface area contributed by atoms with E-state index in [9.17, 15) is 0 Å². The molecule has 0 aliphatic carbocycles. The molecule has 2 N–H and O–H groups in total. The van der Waals surface area contributed by atoms with E-state index >= 15 is 0 Å². The number of imidazole rings is 1. The second kappa shape index (κ2) is 6.53. The van der Waals surface area contributed by atoms with Crippen LogP contribution in [0, 0.1) is 5.92 Å². The molecule has 0 spiro atoms. The minimum atomic E-state index is 0.416. The molecule has 0 amide bonds. The van der Waals surface area contributed by atoms with Crippen molar-refractivity contribution in [1.82, 2.24) is 14.5 Å². The van der Waals surface area contributed by atoms with Crippen molar-refractivity contribution in [2.45, 2.75) is 45.6 Å². The maximum atomic E-state index is 5.97. The van der Waals surface area contributed by atoms with Crippen LogP contribution in [-0.2, 0) is 0 Å². The molecular formula is C15H28N4. The fraction of sp³-hybridized carbons (Fsp3) is 0.800. The van der Waals surface area contributed by atoms with Gasteiger partial charge in [0.05, 0.1) is 6.33 Å². The maximum Gasteiger partial charge on any atom is 0.0951 e. The van der Waals surface area contributed by atoms with E-state index in [1.807, 2.05) is 12.5 Å². The van der Waals surface area contributed by atoms with Crippen molar-refractivity contribution in [3.05, 3.63) is 18.2 Å². The zero-order valence-electron chi connectivity index (χ0n) is 12.5. The highest BCUT2D eigenvalue weighted by Gasteiger charge is 2.25. The number of rotatable bonds is 5. The summed E-state index contributed by atoms with van der Waals surface area (Å²) in [6.45, 7) is 11.0. The molecule has 2 unspecified atom stereocenters. The largest absolute Gasteiger partial charge is 0.330 e. The summed E-state index contributed by atoms with van der Waals surface area (Å²) < 4.78 is 2.39. The Balaban J connectivity index is 2.18. The molecule has 0 radical (unpaired) electrons. The highest BCUT2D eigenvalue weighted by Crippen LogP contribution is 2.29. The standard InChI is InChI=1S/C15H28N4/c1-4-18-7-5-6-13(10-18)19-11-17-9-15(19)14(8-16)12(2)3/h9,11-14H,4-8,10,16H2,1-3H3. The molecule has 2 rings (SSSR count). The van der Waals surface area contributed by atoms with Gasteiger partial charge in [-0.25, -0.2) is 4.98 Å². The fourth-order valence-electron chi connectivity index (χ4n) is 3.19. The lowest BCUT2D eigenvalue weighted by atomic mass is 9.92. The Morgan fingerprint density at radius 1 is 1.47 bits per heavy atom. The van der Waals surface area contributed by atoms with Crippen molar-refractivity contribution in [2.24, 2.45) is 11.7 Å². The van der Waals surface area contributed by atoms with E-state index < -0.39 is 0 Å². The summed E-state index contributed by atoms with van der Waals surface area (Å²) in [5.74, 6) is 0.978. The monoisotopic (exact) mass is 264 g/mol. The van der Waals surface area contributed by atoms with Gasteiger partial charge >= 0.3 is 0 Å². The van der Waals surface area contributed by atoms with Crippen LogP contribution >= 0.6 is 0 Å². The molecule has 108 valence electrons. The van der Waals surface area contributed by atoms with E-state index in [4.69, 9.17) is 5.73 Å². The molecule has 1 aromatic rings. The first-order valence-electron chi connectivity index (χ1n) is 7.61. The second-order valence-electron chi connectivity index (χ2n) is 6.00. The van der Waals surface area contributed by atoms with Gasteiger partial charge in [0, 0.05) is 36.9 Å². The summed E-state index contributed by atoms with van der Waals surface area (Å²) in [6.07, 6.45) is 6.56. The first-order chi connectivity index (χ1) is 9.17. The van der Waals surface area contributed by atoms with Crippen LogP contribution in [0.25, 0.3) is 0 Å². The van der Waals surface area contributed by atoms with Crippen molar-refractivity contribution in [3.63, 3.8) is 0 Å². The predicted molar refractivity (Wildman–Crippen MR) is 79.2 cm³/mol. The van der Waals surface area contributed by atoms with E-state index in [0.29, 0.717) is 24.4 Å². The predicted octanol–water partition coefficient (Wildman–Crippen LogP) is 2.24. The molecule has 1 aliphatic rings. The molecular weight excluding hydrogens is 236 g/mol. The number of nitrogens with zero attached hydrogens (tertiary/aromatic N) is 3. The Labute approximate surface area is 117 Å². The van der Waals surface area contributed by atoms with Gasteiger partial charge in [-0.1, -0.05) is 20.8 Å². The van der Waals surface area contributed by atoms with Gasteiger partial charge in [-0.05, 0) is 31.8 Å². The van der Waals surface area contributed by atoms with Gasteiger partial charge in [-0.15, -0.1) is 0 Å². The van der Waals surface area contributed by atoms with E-state index in [-0.39, 0.29) is 0 Å². The third kappa shape index (κ3) is 3.18. The van der Waals surface area contributed by atoms with Gasteiger partial charge in [-0.2, -0.15) is 0 Å². The minimum Gasteiger partial charge on any atom is -0.330 e. The van der Waals surface area contributed by atoms with Gasteiger partial charge in [0.1, 0.15) is 0 Å². The third-order valence-electron chi connectivity index (χ3n) is 4.46. The molecule has 4 nitrogen and oxygen atoms in total. The van der Waals surface area contributed by atoms with Crippen molar-refractivity contribution in [1.29, 1.82) is 0 Å². The Hall–Kier alpha value is -0.870. The number of nitrogens with two attached hydrogens (primary N) is 1. The third-order valence-corrected chi connectivity index (χ3v) is 4.46. The number of hydrogen-bond donors (Lipinski definition) is 1. The molecule has 19 heavy (non-hydrogen) atoms. The lowest BCUT2D eigenvalue weighted by molar-refractivity contribution is 0.182. The summed E-state index contributed by atoms with van der Waals surface area (Å²) in [7, 11) is 0. The Bertz CT molecular complexity index is 385. The smallest absolute Gasteiger partial charge is 0.0951 e. The summed E-state index contributed by atoms with van der Waals surface area (Å²) in [6, 6.07) is 0.569. The molecule has 1 aromatic heterocycles. The van der Waals surface area contributed by atoms with Crippen LogP contribution in [0.15, 0.2) is 12.5 Å². The summed E-state index contributed by atoms with van der Waals surface area (Å²) in [5.41, 5.74) is 7.29. The Kier molecular flexibility index (Phi) is 4.99. The quantitative estimate of drug-likeness (QED) is 0.887. The molecule has 1 fully saturated rings. The SMILES string of the molecule is CCN1CCCC(n2cncc2C(CN)C(C)C)C1. The summed E-state index contributed by atoms with van der Waals surface area (Å²) in [5, 5.41) is 0. The van der Waals surface area contributed by atoms with E-state index in [1.54, 1.807) is 0 Å². The van der Waals surface area contributed by atoms with Crippen molar-refractivity contribution in [2.75, 3.05) is 26.2 Å². The second-order valence-corrected chi connectivity index (χ2v) is 6.00. The lowest BCUT2D eigenvalue weighted by Crippen LogP contribution is -2.37. The van der Waals surface area contributed by atoms with Gasteiger partial charge in [0.15, 0.2) is 0 Å². The van der Waals surface area contributed by atoms with Crippen LogP contribution in [-0.4, -0.2) is 40.6 Å². The molecule has 2 atom stereocenters. The lowest BCUT2D eigenvalue weighted by Gasteiger charge is -2.34. The Morgan fingerprint density at radius 2 is 2.26 bits per heavy atom. The molecule has 1 saturated heterocycles. The van der Waals surface area contributed by atoms with Crippen molar-refractivity contribution in [3.8, 4) is 0 Å². The number of piperidine rings is 1. The van der Waals surface area contributed by atoms with Crippen LogP contribution in [0.2, 0.25) is 0 Å². The van der Waals surface area contributed by atoms with Gasteiger partial charge in [0.2, 0.25) is 0 Å². The molecule has 0 saturated carbocycles. The molecule has 2 heterocycles. The van der Waals surface area contributed by atoms with Crippen LogP contribution in [0.4, 0.5) is 0 Å².